The number of hydrogen-bond acceptors (Lipinski definition) is 3. The van der Waals surface area contributed by atoms with Gasteiger partial charge >= 0.3 is 0 Å². The predicted molar refractivity (Wildman–Crippen MR) is 92.9 cm³/mol. The van der Waals surface area contributed by atoms with Crippen LogP contribution in [-0.2, 0) is 13.5 Å². The second-order valence-electron chi connectivity index (χ2n) is 5.99. The lowest BCUT2D eigenvalue weighted by Gasteiger charge is -2.06. The molecule has 0 radical (unpaired) electrons. The average Bonchev–Trinajstić information content (AvgIpc) is 3.24. The van der Waals surface area contributed by atoms with Gasteiger partial charge in [-0.05, 0) is 37.3 Å². The van der Waals surface area contributed by atoms with Gasteiger partial charge in [0.2, 0.25) is 6.33 Å². The zero-order valence-corrected chi connectivity index (χ0v) is 14.1. The van der Waals surface area contributed by atoms with E-state index in [-0.39, 0.29) is 0 Å². The molecule has 0 amide bonds. The summed E-state index contributed by atoms with van der Waals surface area (Å²) < 4.78 is 3.74. The van der Waals surface area contributed by atoms with Crippen molar-refractivity contribution in [1.82, 2.24) is 24.7 Å². The molecule has 0 aliphatic rings. The molecule has 0 bridgehead atoms. The van der Waals surface area contributed by atoms with Crippen molar-refractivity contribution in [3.63, 3.8) is 0 Å². The molecule has 4 heterocycles. The van der Waals surface area contributed by atoms with Crippen LogP contribution < -0.4 is 4.57 Å². The number of H-pyrrole nitrogens is 1. The van der Waals surface area contributed by atoms with Gasteiger partial charge in [-0.2, -0.15) is 5.10 Å². The fourth-order valence-corrected chi connectivity index (χ4v) is 2.69. The zero-order valence-electron chi connectivity index (χ0n) is 14.1. The normalized spacial score (nSPS) is 11.0. The number of aryl methyl sites for hydroxylation is 2. The van der Waals surface area contributed by atoms with Gasteiger partial charge in [-0.15, -0.1) is 0 Å². The van der Waals surface area contributed by atoms with Crippen LogP contribution in [0.2, 0.25) is 0 Å². The van der Waals surface area contributed by atoms with Crippen molar-refractivity contribution in [2.75, 3.05) is 0 Å². The average molecular weight is 330 g/mol. The van der Waals surface area contributed by atoms with Crippen LogP contribution in [0.4, 0.5) is 0 Å². The predicted octanol–water partition coefficient (Wildman–Crippen LogP) is 2.18. The Bertz CT molecular complexity index is 932. The van der Waals surface area contributed by atoms with Gasteiger partial charge in [0.1, 0.15) is 11.5 Å². The van der Waals surface area contributed by atoms with E-state index in [1.807, 2.05) is 78.0 Å². The third-order valence-electron chi connectivity index (χ3n) is 3.88. The maximum atomic E-state index is 4.72. The molecule has 124 valence electrons. The smallest absolute Gasteiger partial charge is 0.244 e. The van der Waals surface area contributed by atoms with Gasteiger partial charge in [-0.1, -0.05) is 12.1 Å². The molecule has 0 aliphatic heterocycles. The Labute approximate surface area is 145 Å². The Morgan fingerprint density at radius 1 is 1.08 bits per heavy atom. The van der Waals surface area contributed by atoms with Gasteiger partial charge in [0.15, 0.2) is 0 Å². The van der Waals surface area contributed by atoms with Crippen molar-refractivity contribution in [3.05, 3.63) is 78.3 Å². The van der Waals surface area contributed by atoms with E-state index in [1.165, 1.54) is 0 Å². The summed E-state index contributed by atoms with van der Waals surface area (Å²) in [7, 11) is 1.94. The highest BCUT2D eigenvalue weighted by Gasteiger charge is 2.07. The molecule has 6 nitrogen and oxygen atoms in total. The molecular weight excluding hydrogens is 312 g/mol. The highest BCUT2D eigenvalue weighted by atomic mass is 15.1. The number of nitrogens with zero attached hydrogens (tertiary/aromatic N) is 5. The number of pyridine rings is 2. The lowest BCUT2D eigenvalue weighted by Crippen LogP contribution is -2.24. The third-order valence-corrected chi connectivity index (χ3v) is 3.88. The standard InChI is InChI=1S/C19H18N6/c1-14-11-18(23-22-14)17-7-3-5-15(20-17)12-16-6-4-8-19(21-16)25-10-9-24(2)13-25/h3-11H,12H2,1-2H3,(H,22,23). The summed E-state index contributed by atoms with van der Waals surface area (Å²) in [5, 5.41) is 7.23. The van der Waals surface area contributed by atoms with Gasteiger partial charge < -0.3 is 9.13 Å². The first-order valence-corrected chi connectivity index (χ1v) is 8.08. The van der Waals surface area contributed by atoms with E-state index in [4.69, 9.17) is 9.97 Å². The molecule has 4 rings (SSSR count). The van der Waals surface area contributed by atoms with Gasteiger partial charge in [0.25, 0.3) is 0 Å². The molecule has 0 fully saturated rings. The second-order valence-corrected chi connectivity index (χ2v) is 5.99. The molecule has 0 saturated heterocycles. The zero-order chi connectivity index (χ0) is 17.2. The maximum Gasteiger partial charge on any atom is 0.244 e. The Morgan fingerprint density at radius 2 is 1.88 bits per heavy atom. The molecule has 0 unspecified atom stereocenters. The van der Waals surface area contributed by atoms with Crippen LogP contribution in [0, 0.1) is 13.3 Å². The van der Waals surface area contributed by atoms with E-state index in [9.17, 15) is 0 Å². The SMILES string of the molecule is Cc1cc(-c2cccc(Cc3cccc(-n4[c-][n+](C)cc4)n3)n2)n[nH]1. The fourth-order valence-electron chi connectivity index (χ4n) is 2.69. The van der Waals surface area contributed by atoms with E-state index in [0.29, 0.717) is 6.42 Å². The van der Waals surface area contributed by atoms with Crippen LogP contribution in [0.15, 0.2) is 54.9 Å². The lowest BCUT2D eigenvalue weighted by atomic mass is 10.1. The highest BCUT2D eigenvalue weighted by molar-refractivity contribution is 5.54. The number of rotatable bonds is 4. The largest absolute Gasteiger partial charge is 0.323 e. The summed E-state index contributed by atoms with van der Waals surface area (Å²) in [4.78, 5) is 9.43. The molecule has 0 aromatic carbocycles. The van der Waals surface area contributed by atoms with Crippen LogP contribution in [0.3, 0.4) is 0 Å². The number of nitrogens with one attached hydrogen (secondary N) is 1. The van der Waals surface area contributed by atoms with Crippen LogP contribution in [0.1, 0.15) is 17.1 Å². The summed E-state index contributed by atoms with van der Waals surface area (Å²) >= 11 is 0. The minimum absolute atomic E-state index is 0.665. The molecular formula is C19H18N6. The third kappa shape index (κ3) is 3.33. The van der Waals surface area contributed by atoms with Crippen molar-refractivity contribution < 1.29 is 4.57 Å². The molecule has 4 aromatic heterocycles. The Hall–Kier alpha value is -3.28. The number of hydrogen-bond donors (Lipinski definition) is 1. The van der Waals surface area contributed by atoms with E-state index in [2.05, 4.69) is 16.5 Å². The van der Waals surface area contributed by atoms with Gasteiger partial charge in [-0.25, -0.2) is 0 Å². The summed E-state index contributed by atoms with van der Waals surface area (Å²) in [5.41, 5.74) is 4.67. The summed E-state index contributed by atoms with van der Waals surface area (Å²) in [6.07, 6.45) is 7.70. The van der Waals surface area contributed by atoms with E-state index >= 15 is 0 Å². The van der Waals surface area contributed by atoms with Crippen molar-refractivity contribution in [2.24, 2.45) is 7.05 Å². The van der Waals surface area contributed by atoms with Crippen molar-refractivity contribution in [3.8, 4) is 17.2 Å². The molecule has 0 saturated carbocycles. The minimum Gasteiger partial charge on any atom is -0.323 e. The van der Waals surface area contributed by atoms with Crippen LogP contribution in [-0.4, -0.2) is 24.7 Å². The molecule has 0 spiro atoms. The second kappa shape index (κ2) is 6.32. The Balaban J connectivity index is 1.60. The molecule has 6 heteroatoms. The summed E-state index contributed by atoms with van der Waals surface area (Å²) in [6, 6.07) is 14.0. The first-order valence-electron chi connectivity index (χ1n) is 8.08. The minimum atomic E-state index is 0.665. The van der Waals surface area contributed by atoms with Crippen LogP contribution in [0.5, 0.6) is 0 Å². The maximum absolute atomic E-state index is 4.72. The summed E-state index contributed by atoms with van der Waals surface area (Å²) in [6.45, 7) is 1.98. The molecule has 25 heavy (non-hydrogen) atoms. The quantitative estimate of drug-likeness (QED) is 0.461. The lowest BCUT2D eigenvalue weighted by molar-refractivity contribution is -0.674. The van der Waals surface area contributed by atoms with E-state index in [0.717, 1.165) is 34.3 Å². The van der Waals surface area contributed by atoms with Crippen molar-refractivity contribution >= 4 is 0 Å². The van der Waals surface area contributed by atoms with Crippen LogP contribution >= 0.6 is 0 Å². The van der Waals surface area contributed by atoms with E-state index < -0.39 is 0 Å². The molecule has 1 N–H and O–H groups in total. The monoisotopic (exact) mass is 330 g/mol. The Kier molecular flexibility index (Phi) is 3.85. The summed E-state index contributed by atoms with van der Waals surface area (Å²) in [5.74, 6) is 0.845. The van der Waals surface area contributed by atoms with Gasteiger partial charge in [0.05, 0.1) is 12.7 Å². The molecule has 0 atom stereocenters. The topological polar surface area (TPSA) is 63.3 Å². The van der Waals surface area contributed by atoms with Gasteiger partial charge in [-0.3, -0.25) is 15.1 Å². The number of imidazole rings is 1. The first-order chi connectivity index (χ1) is 12.2. The van der Waals surface area contributed by atoms with Crippen molar-refractivity contribution in [2.45, 2.75) is 13.3 Å². The highest BCUT2D eigenvalue weighted by Crippen LogP contribution is 2.17. The van der Waals surface area contributed by atoms with Crippen LogP contribution in [0.25, 0.3) is 17.2 Å². The van der Waals surface area contributed by atoms with Crippen molar-refractivity contribution in [1.29, 1.82) is 0 Å². The Morgan fingerprint density at radius 3 is 2.60 bits per heavy atom. The number of aromatic amines is 1. The fraction of sp³-hybridized carbons (Fsp3) is 0.158. The van der Waals surface area contributed by atoms with Gasteiger partial charge in [0, 0.05) is 35.9 Å². The first kappa shape index (κ1) is 15.3. The van der Waals surface area contributed by atoms with E-state index in [1.54, 1.807) is 0 Å². The molecule has 0 aliphatic carbocycles. The number of aromatic nitrogens is 6. The molecule has 4 aromatic rings.